The van der Waals surface area contributed by atoms with E-state index in [1.165, 1.54) is 0 Å². The van der Waals surface area contributed by atoms with Gasteiger partial charge in [0, 0.05) is 40.3 Å². The van der Waals surface area contributed by atoms with Crippen LogP contribution in [0.1, 0.15) is 40.3 Å². The van der Waals surface area contributed by atoms with Crippen LogP contribution in [0.4, 0.5) is 5.69 Å². The molecule has 0 aliphatic carbocycles. The predicted molar refractivity (Wildman–Crippen MR) is 108 cm³/mol. The quantitative estimate of drug-likeness (QED) is 0.663. The first-order chi connectivity index (χ1) is 12.9. The van der Waals surface area contributed by atoms with Gasteiger partial charge in [-0.05, 0) is 57.2 Å². The smallest absolute Gasteiger partial charge is 0.291 e. The minimum Gasteiger partial charge on any atom is -0.451 e. The molecule has 3 aromatic rings. The highest BCUT2D eigenvalue weighted by atomic mass is 35.5. The number of furan rings is 1. The molecule has 0 atom stereocenters. The summed E-state index contributed by atoms with van der Waals surface area (Å²) >= 11 is 6.03. The van der Waals surface area contributed by atoms with Crippen LogP contribution < -0.4 is 5.32 Å². The predicted octanol–water partition coefficient (Wildman–Crippen LogP) is 5.13. The molecule has 5 nitrogen and oxygen atoms in total. The molecule has 0 unspecified atom stereocenters. The zero-order valence-electron chi connectivity index (χ0n) is 15.5. The van der Waals surface area contributed by atoms with Gasteiger partial charge in [-0.3, -0.25) is 9.59 Å². The number of amides is 2. The van der Waals surface area contributed by atoms with Crippen molar-refractivity contribution in [2.24, 2.45) is 0 Å². The van der Waals surface area contributed by atoms with Crippen LogP contribution in [0.3, 0.4) is 0 Å². The molecule has 0 saturated heterocycles. The molecule has 0 saturated carbocycles. The molecule has 0 aliphatic rings. The van der Waals surface area contributed by atoms with E-state index in [4.69, 9.17) is 16.0 Å². The summed E-state index contributed by atoms with van der Waals surface area (Å²) in [6.45, 7) is 6.95. The normalized spacial score (nSPS) is 10.8. The van der Waals surface area contributed by atoms with Crippen LogP contribution in [-0.2, 0) is 0 Å². The number of hydrogen-bond donors (Lipinski definition) is 1. The van der Waals surface area contributed by atoms with Gasteiger partial charge in [-0.15, -0.1) is 0 Å². The van der Waals surface area contributed by atoms with Crippen LogP contribution in [0.25, 0.3) is 11.0 Å². The molecule has 0 fully saturated rings. The molecular weight excluding hydrogens is 364 g/mol. The molecule has 27 heavy (non-hydrogen) atoms. The van der Waals surface area contributed by atoms with E-state index in [1.54, 1.807) is 47.4 Å². The molecular formula is C21H21ClN2O3. The number of nitrogens with one attached hydrogen (secondary N) is 1. The van der Waals surface area contributed by atoms with Crippen LogP contribution in [0.15, 0.2) is 46.9 Å². The molecule has 1 N–H and O–H groups in total. The average Bonchev–Trinajstić information content (AvgIpc) is 2.99. The van der Waals surface area contributed by atoms with E-state index in [0.29, 0.717) is 34.9 Å². The Kier molecular flexibility index (Phi) is 5.51. The lowest BCUT2D eigenvalue weighted by Gasteiger charge is -2.18. The Bertz CT molecular complexity index is 1010. The van der Waals surface area contributed by atoms with Gasteiger partial charge < -0.3 is 14.6 Å². The second kappa shape index (κ2) is 7.84. The topological polar surface area (TPSA) is 62.6 Å². The summed E-state index contributed by atoms with van der Waals surface area (Å²) in [6, 6.07) is 12.1. The van der Waals surface area contributed by atoms with Crippen molar-refractivity contribution in [1.29, 1.82) is 0 Å². The fraction of sp³-hybridized carbons (Fsp3) is 0.238. The summed E-state index contributed by atoms with van der Waals surface area (Å²) < 4.78 is 5.69. The van der Waals surface area contributed by atoms with Crippen molar-refractivity contribution in [2.75, 3.05) is 18.4 Å². The Balaban J connectivity index is 1.86. The minimum atomic E-state index is -0.368. The average molecular weight is 385 g/mol. The number of aryl methyl sites for hydroxylation is 1. The standard InChI is InChI=1S/C21H21ClN2O3/c1-4-24(5-2)21(26)14-7-6-8-16(11-14)23-20(25)19-13(3)17-12-15(22)9-10-18(17)27-19/h6-12H,4-5H2,1-3H3,(H,23,25). The second-order valence-corrected chi connectivity index (χ2v) is 6.65. The summed E-state index contributed by atoms with van der Waals surface area (Å²) in [5.74, 6) is -0.203. The Hall–Kier alpha value is -2.79. The number of fused-ring (bicyclic) bond motifs is 1. The summed E-state index contributed by atoms with van der Waals surface area (Å²) in [5, 5.41) is 4.20. The third-order valence-electron chi connectivity index (χ3n) is 4.52. The highest BCUT2D eigenvalue weighted by Gasteiger charge is 2.19. The number of hydrogen-bond acceptors (Lipinski definition) is 3. The summed E-state index contributed by atoms with van der Waals surface area (Å²) in [6.07, 6.45) is 0. The van der Waals surface area contributed by atoms with Gasteiger partial charge in [-0.25, -0.2) is 0 Å². The molecule has 0 aliphatic heterocycles. The SMILES string of the molecule is CCN(CC)C(=O)c1cccc(NC(=O)c2oc3ccc(Cl)cc3c2C)c1. The highest BCUT2D eigenvalue weighted by molar-refractivity contribution is 6.31. The van der Waals surface area contributed by atoms with Gasteiger partial charge in [-0.2, -0.15) is 0 Å². The van der Waals surface area contributed by atoms with E-state index in [1.807, 2.05) is 20.8 Å². The third-order valence-corrected chi connectivity index (χ3v) is 4.76. The van der Waals surface area contributed by atoms with E-state index >= 15 is 0 Å². The number of carbonyl (C=O) groups excluding carboxylic acids is 2. The molecule has 0 bridgehead atoms. The van der Waals surface area contributed by atoms with Crippen molar-refractivity contribution < 1.29 is 14.0 Å². The third kappa shape index (κ3) is 3.83. The van der Waals surface area contributed by atoms with Crippen LogP contribution in [0.2, 0.25) is 5.02 Å². The summed E-state index contributed by atoms with van der Waals surface area (Å²) in [4.78, 5) is 26.9. The van der Waals surface area contributed by atoms with Crippen molar-refractivity contribution in [2.45, 2.75) is 20.8 Å². The van der Waals surface area contributed by atoms with Gasteiger partial charge in [0.1, 0.15) is 5.58 Å². The number of rotatable bonds is 5. The maximum Gasteiger partial charge on any atom is 0.291 e. The number of nitrogens with zero attached hydrogens (tertiary/aromatic N) is 1. The molecule has 3 rings (SSSR count). The van der Waals surface area contributed by atoms with E-state index in [2.05, 4.69) is 5.32 Å². The second-order valence-electron chi connectivity index (χ2n) is 6.21. The minimum absolute atomic E-state index is 0.0642. The molecule has 0 radical (unpaired) electrons. The van der Waals surface area contributed by atoms with Gasteiger partial charge >= 0.3 is 0 Å². The number of benzene rings is 2. The van der Waals surface area contributed by atoms with E-state index in [9.17, 15) is 9.59 Å². The lowest BCUT2D eigenvalue weighted by atomic mass is 10.1. The van der Waals surface area contributed by atoms with Gasteiger partial charge in [0.25, 0.3) is 11.8 Å². The van der Waals surface area contributed by atoms with Crippen molar-refractivity contribution >= 4 is 40.1 Å². The Morgan fingerprint density at radius 1 is 1.11 bits per heavy atom. The fourth-order valence-electron chi connectivity index (χ4n) is 3.02. The maximum atomic E-state index is 12.7. The Morgan fingerprint density at radius 3 is 2.56 bits per heavy atom. The molecule has 2 aromatic carbocycles. The first kappa shape index (κ1) is 19.0. The van der Waals surface area contributed by atoms with Crippen molar-refractivity contribution in [1.82, 2.24) is 4.90 Å². The zero-order chi connectivity index (χ0) is 19.6. The van der Waals surface area contributed by atoms with E-state index in [0.717, 1.165) is 10.9 Å². The number of halogens is 1. The van der Waals surface area contributed by atoms with Crippen LogP contribution in [0.5, 0.6) is 0 Å². The van der Waals surface area contributed by atoms with Gasteiger partial charge in [0.2, 0.25) is 0 Å². The van der Waals surface area contributed by atoms with Crippen LogP contribution in [0, 0.1) is 6.92 Å². The highest BCUT2D eigenvalue weighted by Crippen LogP contribution is 2.28. The Morgan fingerprint density at radius 2 is 1.85 bits per heavy atom. The Labute approximate surface area is 162 Å². The van der Waals surface area contributed by atoms with E-state index in [-0.39, 0.29) is 17.6 Å². The molecule has 2 amide bonds. The largest absolute Gasteiger partial charge is 0.451 e. The van der Waals surface area contributed by atoms with Crippen molar-refractivity contribution in [3.63, 3.8) is 0 Å². The first-order valence-corrected chi connectivity index (χ1v) is 9.21. The van der Waals surface area contributed by atoms with Crippen molar-refractivity contribution in [3.05, 3.63) is 64.4 Å². The van der Waals surface area contributed by atoms with Gasteiger partial charge in [0.15, 0.2) is 5.76 Å². The summed E-state index contributed by atoms with van der Waals surface area (Å²) in [7, 11) is 0. The van der Waals surface area contributed by atoms with Gasteiger partial charge in [0.05, 0.1) is 0 Å². The van der Waals surface area contributed by atoms with Crippen LogP contribution in [-0.4, -0.2) is 29.8 Å². The lowest BCUT2D eigenvalue weighted by Crippen LogP contribution is -2.30. The maximum absolute atomic E-state index is 12.7. The lowest BCUT2D eigenvalue weighted by molar-refractivity contribution is 0.0772. The molecule has 6 heteroatoms. The summed E-state index contributed by atoms with van der Waals surface area (Å²) in [5.41, 5.74) is 2.40. The van der Waals surface area contributed by atoms with Crippen molar-refractivity contribution in [3.8, 4) is 0 Å². The van der Waals surface area contributed by atoms with Crippen LogP contribution >= 0.6 is 11.6 Å². The van der Waals surface area contributed by atoms with Gasteiger partial charge in [-0.1, -0.05) is 17.7 Å². The monoisotopic (exact) mass is 384 g/mol. The zero-order valence-corrected chi connectivity index (χ0v) is 16.3. The molecule has 0 spiro atoms. The molecule has 140 valence electrons. The molecule has 1 aromatic heterocycles. The fourth-order valence-corrected chi connectivity index (χ4v) is 3.19. The number of carbonyl (C=O) groups is 2. The van der Waals surface area contributed by atoms with E-state index < -0.39 is 0 Å². The first-order valence-electron chi connectivity index (χ1n) is 8.84. The molecule has 1 heterocycles. The number of anilines is 1.